The quantitative estimate of drug-likeness (QED) is 0.718. The first-order valence-electron chi connectivity index (χ1n) is 4.18. The van der Waals surface area contributed by atoms with Crippen LogP contribution in [-0.4, -0.2) is 22.7 Å². The van der Waals surface area contributed by atoms with Crippen LogP contribution in [0.2, 0.25) is 0 Å². The van der Waals surface area contributed by atoms with Gasteiger partial charge < -0.3 is 10.4 Å². The number of aliphatic hydroxyl groups excluding tert-OH is 1. The summed E-state index contributed by atoms with van der Waals surface area (Å²) >= 11 is 1.52. The number of aliphatic hydroxyl groups is 1. The minimum absolute atomic E-state index is 0.241. The van der Waals surface area contributed by atoms with Crippen molar-refractivity contribution in [3.8, 4) is 0 Å². The third kappa shape index (κ3) is 1.50. The van der Waals surface area contributed by atoms with E-state index in [1.165, 1.54) is 17.8 Å². The standard InChI is InChI=1S/C8H12N2OS/c11-8(6-2-1-3-10-6)7-4-9-5-12-7/h4-6,8,10-11H,1-3H2/t6-,8?/m0/s1. The van der Waals surface area contributed by atoms with Crippen molar-refractivity contribution in [2.75, 3.05) is 6.54 Å². The van der Waals surface area contributed by atoms with E-state index in [1.54, 1.807) is 11.7 Å². The smallest absolute Gasteiger partial charge is 0.105 e. The molecular formula is C8H12N2OS. The zero-order valence-electron chi connectivity index (χ0n) is 6.73. The average Bonchev–Trinajstić information content (AvgIpc) is 2.77. The molecule has 0 saturated carbocycles. The molecule has 0 bridgehead atoms. The van der Waals surface area contributed by atoms with Crippen LogP contribution in [0, 0.1) is 0 Å². The van der Waals surface area contributed by atoms with E-state index in [1.807, 2.05) is 0 Å². The summed E-state index contributed by atoms with van der Waals surface area (Å²) in [5, 5.41) is 13.1. The third-order valence-electron chi connectivity index (χ3n) is 2.22. The monoisotopic (exact) mass is 184 g/mol. The van der Waals surface area contributed by atoms with Crippen molar-refractivity contribution in [1.82, 2.24) is 10.3 Å². The average molecular weight is 184 g/mol. The van der Waals surface area contributed by atoms with Gasteiger partial charge >= 0.3 is 0 Å². The maximum atomic E-state index is 9.82. The summed E-state index contributed by atoms with van der Waals surface area (Å²) in [6, 6.07) is 0.241. The highest BCUT2D eigenvalue weighted by atomic mass is 32.1. The van der Waals surface area contributed by atoms with Crippen molar-refractivity contribution >= 4 is 11.3 Å². The molecule has 2 rings (SSSR count). The summed E-state index contributed by atoms with van der Waals surface area (Å²) < 4.78 is 0. The minimum atomic E-state index is -0.361. The highest BCUT2D eigenvalue weighted by Gasteiger charge is 2.24. The van der Waals surface area contributed by atoms with E-state index < -0.39 is 0 Å². The Labute approximate surface area is 75.5 Å². The van der Waals surface area contributed by atoms with E-state index in [0.717, 1.165) is 17.8 Å². The van der Waals surface area contributed by atoms with Gasteiger partial charge in [-0.2, -0.15) is 0 Å². The Hall–Kier alpha value is -0.450. The second-order valence-electron chi connectivity index (χ2n) is 3.05. The minimum Gasteiger partial charge on any atom is -0.386 e. The molecule has 1 aliphatic heterocycles. The molecular weight excluding hydrogens is 172 g/mol. The molecule has 0 aromatic carbocycles. The van der Waals surface area contributed by atoms with E-state index in [4.69, 9.17) is 0 Å². The number of hydrogen-bond donors (Lipinski definition) is 2. The number of aromatic nitrogens is 1. The molecule has 66 valence electrons. The lowest BCUT2D eigenvalue weighted by Crippen LogP contribution is -2.28. The number of thiazole rings is 1. The lowest BCUT2D eigenvalue weighted by Gasteiger charge is -2.15. The molecule has 1 unspecified atom stereocenters. The van der Waals surface area contributed by atoms with Gasteiger partial charge in [0.15, 0.2) is 0 Å². The Kier molecular flexibility index (Phi) is 2.39. The molecule has 1 aromatic heterocycles. The molecule has 4 heteroatoms. The van der Waals surface area contributed by atoms with Gasteiger partial charge in [-0.15, -0.1) is 11.3 Å². The summed E-state index contributed by atoms with van der Waals surface area (Å²) in [6.45, 7) is 1.03. The molecule has 0 radical (unpaired) electrons. The SMILES string of the molecule is OC(c1cncs1)[C@@H]1CCCN1. The van der Waals surface area contributed by atoms with Crippen LogP contribution in [0.25, 0.3) is 0 Å². The van der Waals surface area contributed by atoms with E-state index in [0.29, 0.717) is 0 Å². The highest BCUT2D eigenvalue weighted by molar-refractivity contribution is 7.09. The first-order chi connectivity index (χ1) is 5.88. The molecule has 0 aliphatic carbocycles. The van der Waals surface area contributed by atoms with Crippen molar-refractivity contribution in [3.63, 3.8) is 0 Å². The third-order valence-corrected chi connectivity index (χ3v) is 3.07. The molecule has 12 heavy (non-hydrogen) atoms. The van der Waals surface area contributed by atoms with Crippen LogP contribution in [-0.2, 0) is 0 Å². The van der Waals surface area contributed by atoms with Gasteiger partial charge in [-0.25, -0.2) is 0 Å². The predicted octanol–water partition coefficient (Wildman–Crippen LogP) is 0.929. The van der Waals surface area contributed by atoms with E-state index in [2.05, 4.69) is 10.3 Å². The Bertz CT molecular complexity index is 231. The van der Waals surface area contributed by atoms with Gasteiger partial charge in [0.1, 0.15) is 6.10 Å². The van der Waals surface area contributed by atoms with Crippen molar-refractivity contribution in [3.05, 3.63) is 16.6 Å². The van der Waals surface area contributed by atoms with Crippen LogP contribution < -0.4 is 5.32 Å². The van der Waals surface area contributed by atoms with Crippen molar-refractivity contribution in [2.24, 2.45) is 0 Å². The first-order valence-corrected chi connectivity index (χ1v) is 5.06. The second kappa shape index (κ2) is 3.51. The Morgan fingerprint density at radius 1 is 1.75 bits per heavy atom. The van der Waals surface area contributed by atoms with Crippen LogP contribution in [0.1, 0.15) is 23.8 Å². The molecule has 2 N–H and O–H groups in total. The molecule has 2 atom stereocenters. The number of nitrogens with one attached hydrogen (secondary N) is 1. The normalized spacial score (nSPS) is 25.9. The first kappa shape index (κ1) is 8.16. The number of hydrogen-bond acceptors (Lipinski definition) is 4. The van der Waals surface area contributed by atoms with Gasteiger partial charge in [-0.05, 0) is 19.4 Å². The molecule has 1 fully saturated rings. The lowest BCUT2D eigenvalue weighted by atomic mass is 10.1. The predicted molar refractivity (Wildman–Crippen MR) is 48.1 cm³/mol. The summed E-state index contributed by atoms with van der Waals surface area (Å²) in [5.74, 6) is 0. The molecule has 1 saturated heterocycles. The zero-order chi connectivity index (χ0) is 8.39. The van der Waals surface area contributed by atoms with Gasteiger partial charge in [0, 0.05) is 12.2 Å². The molecule has 0 amide bonds. The molecule has 1 aliphatic rings. The van der Waals surface area contributed by atoms with E-state index in [9.17, 15) is 5.11 Å². The molecule has 2 heterocycles. The maximum Gasteiger partial charge on any atom is 0.105 e. The van der Waals surface area contributed by atoms with Gasteiger partial charge in [-0.3, -0.25) is 4.98 Å². The Morgan fingerprint density at radius 3 is 3.25 bits per heavy atom. The molecule has 0 spiro atoms. The van der Waals surface area contributed by atoms with Crippen LogP contribution in [0.4, 0.5) is 0 Å². The lowest BCUT2D eigenvalue weighted by molar-refractivity contribution is 0.141. The Balaban J connectivity index is 2.04. The summed E-state index contributed by atoms with van der Waals surface area (Å²) in [7, 11) is 0. The van der Waals surface area contributed by atoms with Crippen LogP contribution in [0.15, 0.2) is 11.7 Å². The number of nitrogens with zero attached hydrogens (tertiary/aromatic N) is 1. The van der Waals surface area contributed by atoms with E-state index >= 15 is 0 Å². The fraction of sp³-hybridized carbons (Fsp3) is 0.625. The summed E-state index contributed by atoms with van der Waals surface area (Å²) in [6.07, 6.45) is 3.62. The molecule has 1 aromatic rings. The highest BCUT2D eigenvalue weighted by Crippen LogP contribution is 2.24. The maximum absolute atomic E-state index is 9.82. The molecule has 3 nitrogen and oxygen atoms in total. The topological polar surface area (TPSA) is 45.2 Å². The summed E-state index contributed by atoms with van der Waals surface area (Å²) in [4.78, 5) is 4.91. The second-order valence-corrected chi connectivity index (χ2v) is 3.97. The fourth-order valence-corrected chi connectivity index (χ4v) is 2.22. The number of rotatable bonds is 2. The van der Waals surface area contributed by atoms with Gasteiger partial charge in [0.2, 0.25) is 0 Å². The summed E-state index contributed by atoms with van der Waals surface area (Å²) in [5.41, 5.74) is 1.76. The van der Waals surface area contributed by atoms with Crippen molar-refractivity contribution < 1.29 is 5.11 Å². The van der Waals surface area contributed by atoms with Crippen LogP contribution >= 0.6 is 11.3 Å². The largest absolute Gasteiger partial charge is 0.386 e. The van der Waals surface area contributed by atoms with Crippen molar-refractivity contribution in [1.29, 1.82) is 0 Å². The van der Waals surface area contributed by atoms with Gasteiger partial charge in [-0.1, -0.05) is 0 Å². The fourth-order valence-electron chi connectivity index (χ4n) is 1.55. The van der Waals surface area contributed by atoms with Gasteiger partial charge in [0.05, 0.1) is 10.4 Å². The van der Waals surface area contributed by atoms with Crippen LogP contribution in [0.5, 0.6) is 0 Å². The van der Waals surface area contributed by atoms with Crippen molar-refractivity contribution in [2.45, 2.75) is 25.0 Å². The van der Waals surface area contributed by atoms with Gasteiger partial charge in [0.25, 0.3) is 0 Å². The Morgan fingerprint density at radius 2 is 2.67 bits per heavy atom. The zero-order valence-corrected chi connectivity index (χ0v) is 7.55. The van der Waals surface area contributed by atoms with Crippen LogP contribution in [0.3, 0.4) is 0 Å². The van der Waals surface area contributed by atoms with E-state index in [-0.39, 0.29) is 12.1 Å².